The van der Waals surface area contributed by atoms with E-state index < -0.39 is 0 Å². The van der Waals surface area contributed by atoms with Gasteiger partial charge in [-0.25, -0.2) is 0 Å². The number of rotatable bonds is 3. The Morgan fingerprint density at radius 2 is 2.00 bits per heavy atom. The van der Waals surface area contributed by atoms with Gasteiger partial charge in [-0.15, -0.1) is 0 Å². The van der Waals surface area contributed by atoms with Crippen LogP contribution in [0, 0.1) is 0 Å². The standard InChI is InChI=1S/C6H13BO/c1-4-6(2,3)8-5-7/h4-5H2,1-3H3. The van der Waals surface area contributed by atoms with Gasteiger partial charge >= 0.3 is 0 Å². The van der Waals surface area contributed by atoms with Gasteiger partial charge in [-0.1, -0.05) is 6.92 Å². The maximum absolute atomic E-state index is 5.17. The summed E-state index contributed by atoms with van der Waals surface area (Å²) in [4.78, 5) is 0. The summed E-state index contributed by atoms with van der Waals surface area (Å²) >= 11 is 0. The molecule has 0 aliphatic heterocycles. The van der Waals surface area contributed by atoms with Crippen molar-refractivity contribution in [3.63, 3.8) is 0 Å². The molecule has 0 spiro atoms. The summed E-state index contributed by atoms with van der Waals surface area (Å²) in [6.45, 7) is 6.45. The molecule has 46 valence electrons. The van der Waals surface area contributed by atoms with Crippen molar-refractivity contribution in [2.24, 2.45) is 0 Å². The molecule has 0 aromatic heterocycles. The van der Waals surface area contributed by atoms with Crippen molar-refractivity contribution in [2.75, 3.05) is 6.51 Å². The summed E-state index contributed by atoms with van der Waals surface area (Å²) in [6, 6.07) is 0. The highest BCUT2D eigenvalue weighted by Crippen LogP contribution is 2.11. The first-order chi connectivity index (χ1) is 3.62. The molecular formula is C6H13BO. The average molecular weight is 112 g/mol. The molecule has 0 aliphatic rings. The first-order valence-electron chi connectivity index (χ1n) is 2.96. The first-order valence-corrected chi connectivity index (χ1v) is 2.96. The van der Waals surface area contributed by atoms with E-state index in [1.54, 1.807) is 0 Å². The molecule has 0 fully saturated rings. The maximum atomic E-state index is 5.17. The fourth-order valence-corrected chi connectivity index (χ4v) is 0.328. The van der Waals surface area contributed by atoms with Crippen LogP contribution in [-0.4, -0.2) is 20.0 Å². The summed E-state index contributed by atoms with van der Waals surface area (Å²) in [5.74, 6) is 0. The van der Waals surface area contributed by atoms with E-state index in [0.29, 0.717) is 6.51 Å². The van der Waals surface area contributed by atoms with Crippen molar-refractivity contribution in [2.45, 2.75) is 32.8 Å². The van der Waals surface area contributed by atoms with E-state index in [0.717, 1.165) is 6.42 Å². The van der Waals surface area contributed by atoms with Gasteiger partial charge in [0.05, 0.1) is 5.60 Å². The van der Waals surface area contributed by atoms with Crippen LogP contribution >= 0.6 is 0 Å². The van der Waals surface area contributed by atoms with E-state index in [-0.39, 0.29) is 5.60 Å². The van der Waals surface area contributed by atoms with E-state index in [1.165, 1.54) is 0 Å². The Bertz CT molecular complexity index is 61.5. The van der Waals surface area contributed by atoms with Gasteiger partial charge in [-0.05, 0) is 20.3 Å². The van der Waals surface area contributed by atoms with Gasteiger partial charge in [-0.2, -0.15) is 0 Å². The minimum atomic E-state index is -0.0330. The summed E-state index contributed by atoms with van der Waals surface area (Å²) < 4.78 is 5.16. The van der Waals surface area contributed by atoms with Crippen molar-refractivity contribution >= 4 is 7.85 Å². The summed E-state index contributed by atoms with van der Waals surface area (Å²) in [6.07, 6.45) is 1.00. The lowest BCUT2D eigenvalue weighted by molar-refractivity contribution is 0.00676. The van der Waals surface area contributed by atoms with Gasteiger partial charge in [0.2, 0.25) is 0 Å². The fourth-order valence-electron chi connectivity index (χ4n) is 0.328. The Morgan fingerprint density at radius 1 is 1.50 bits per heavy atom. The predicted molar refractivity (Wildman–Crippen MR) is 36.1 cm³/mol. The molecule has 0 bridgehead atoms. The van der Waals surface area contributed by atoms with E-state index in [9.17, 15) is 0 Å². The molecule has 2 radical (unpaired) electrons. The quantitative estimate of drug-likeness (QED) is 0.500. The summed E-state index contributed by atoms with van der Waals surface area (Å²) in [5, 5.41) is 0. The largest absolute Gasteiger partial charge is 0.385 e. The van der Waals surface area contributed by atoms with E-state index in [2.05, 4.69) is 6.92 Å². The lowest BCUT2D eigenvalue weighted by Crippen LogP contribution is -2.23. The van der Waals surface area contributed by atoms with E-state index >= 15 is 0 Å². The molecule has 0 saturated carbocycles. The topological polar surface area (TPSA) is 9.23 Å². The Balaban J connectivity index is 3.37. The molecule has 0 rings (SSSR count). The smallest absolute Gasteiger partial charge is 0.104 e. The molecule has 0 atom stereocenters. The highest BCUT2D eigenvalue weighted by molar-refractivity contribution is 6.08. The highest BCUT2D eigenvalue weighted by atomic mass is 16.5. The van der Waals surface area contributed by atoms with E-state index in [1.807, 2.05) is 13.8 Å². The van der Waals surface area contributed by atoms with Crippen LogP contribution in [0.5, 0.6) is 0 Å². The van der Waals surface area contributed by atoms with Crippen LogP contribution in [-0.2, 0) is 4.74 Å². The Morgan fingerprint density at radius 3 is 2.12 bits per heavy atom. The van der Waals surface area contributed by atoms with Crippen LogP contribution in [0.25, 0.3) is 0 Å². The van der Waals surface area contributed by atoms with Crippen molar-refractivity contribution < 1.29 is 4.74 Å². The molecule has 1 nitrogen and oxygen atoms in total. The van der Waals surface area contributed by atoms with Gasteiger partial charge in [0, 0.05) is 6.51 Å². The fraction of sp³-hybridized carbons (Fsp3) is 1.00. The van der Waals surface area contributed by atoms with Crippen LogP contribution in [0.15, 0.2) is 0 Å². The highest BCUT2D eigenvalue weighted by Gasteiger charge is 2.12. The first kappa shape index (κ1) is 8.02. The summed E-state index contributed by atoms with van der Waals surface area (Å²) in [7, 11) is 5.17. The van der Waals surface area contributed by atoms with Gasteiger partial charge in [-0.3, -0.25) is 0 Å². The third kappa shape index (κ3) is 3.08. The SMILES string of the molecule is [B]COC(C)(C)CC. The Hall–Kier alpha value is 0.0249. The maximum Gasteiger partial charge on any atom is 0.104 e. The van der Waals surface area contributed by atoms with Crippen LogP contribution in [0.3, 0.4) is 0 Å². The second kappa shape index (κ2) is 3.13. The molecule has 0 unspecified atom stereocenters. The molecule has 0 amide bonds. The molecule has 2 heteroatoms. The molecule has 0 saturated heterocycles. The van der Waals surface area contributed by atoms with Crippen molar-refractivity contribution in [1.29, 1.82) is 0 Å². The molecule has 0 heterocycles. The normalized spacial score (nSPS) is 11.9. The zero-order valence-corrected chi connectivity index (χ0v) is 5.90. The number of ether oxygens (including phenoxy) is 1. The van der Waals surface area contributed by atoms with Crippen molar-refractivity contribution in [1.82, 2.24) is 0 Å². The molecule has 0 aliphatic carbocycles. The Kier molecular flexibility index (Phi) is 3.14. The predicted octanol–water partition coefficient (Wildman–Crippen LogP) is 1.32. The van der Waals surface area contributed by atoms with Gasteiger partial charge < -0.3 is 4.74 Å². The lowest BCUT2D eigenvalue weighted by atomic mass is 10.1. The molecule has 8 heavy (non-hydrogen) atoms. The third-order valence-corrected chi connectivity index (χ3v) is 1.33. The molecular weight excluding hydrogens is 98.9 g/mol. The third-order valence-electron chi connectivity index (χ3n) is 1.33. The van der Waals surface area contributed by atoms with Crippen molar-refractivity contribution in [3.05, 3.63) is 0 Å². The molecule has 0 aromatic rings. The average Bonchev–Trinajstić information content (AvgIpc) is 1.67. The second-order valence-electron chi connectivity index (χ2n) is 2.42. The van der Waals surface area contributed by atoms with Crippen molar-refractivity contribution in [3.8, 4) is 0 Å². The number of hydrogen-bond donors (Lipinski definition) is 0. The van der Waals surface area contributed by atoms with Gasteiger partial charge in [0.1, 0.15) is 7.85 Å². The second-order valence-corrected chi connectivity index (χ2v) is 2.42. The van der Waals surface area contributed by atoms with Crippen LogP contribution < -0.4 is 0 Å². The Labute approximate surface area is 52.8 Å². The van der Waals surface area contributed by atoms with Crippen LogP contribution in [0.2, 0.25) is 0 Å². The van der Waals surface area contributed by atoms with Crippen LogP contribution in [0.4, 0.5) is 0 Å². The molecule has 0 aromatic carbocycles. The monoisotopic (exact) mass is 112 g/mol. The minimum Gasteiger partial charge on any atom is -0.385 e. The van der Waals surface area contributed by atoms with Crippen LogP contribution in [0.1, 0.15) is 27.2 Å². The lowest BCUT2D eigenvalue weighted by Gasteiger charge is -2.22. The van der Waals surface area contributed by atoms with Gasteiger partial charge in [0.15, 0.2) is 0 Å². The zero-order valence-electron chi connectivity index (χ0n) is 5.90. The summed E-state index contributed by atoms with van der Waals surface area (Å²) in [5.41, 5.74) is -0.0330. The zero-order chi connectivity index (χ0) is 6.62. The molecule has 0 N–H and O–H groups in total. The number of hydrogen-bond acceptors (Lipinski definition) is 1. The minimum absolute atomic E-state index is 0.0330. The van der Waals surface area contributed by atoms with Gasteiger partial charge in [0.25, 0.3) is 0 Å². The van der Waals surface area contributed by atoms with E-state index in [4.69, 9.17) is 12.6 Å².